The van der Waals surface area contributed by atoms with Crippen LogP contribution in [0.15, 0.2) is 78.9 Å². The molecule has 1 aromatic heterocycles. The number of carbonyl (C=O) groups is 5. The molecule has 328 valence electrons. The van der Waals surface area contributed by atoms with E-state index < -0.39 is 43.7 Å². The van der Waals surface area contributed by atoms with Gasteiger partial charge in [-0.15, -0.1) is 11.6 Å². The molecule has 1 aliphatic rings. The fourth-order valence-electron chi connectivity index (χ4n) is 7.46. The second kappa shape index (κ2) is 19.8. The molecular formula is C42H49ClN9O9P. The van der Waals surface area contributed by atoms with Crippen LogP contribution in [0.2, 0.25) is 0 Å². The fourth-order valence-corrected chi connectivity index (χ4v) is 8.12. The lowest BCUT2D eigenvalue weighted by atomic mass is 9.95. The number of aromatic amines is 1. The van der Waals surface area contributed by atoms with Gasteiger partial charge in [-0.05, 0) is 78.2 Å². The third-order valence-corrected chi connectivity index (χ3v) is 11.2. The molecule has 0 bridgehead atoms. The second-order valence-corrected chi connectivity index (χ2v) is 16.6. The molecule has 62 heavy (non-hydrogen) atoms. The molecular weight excluding hydrogens is 841 g/mol. The zero-order valence-corrected chi connectivity index (χ0v) is 35.6. The number of amides is 6. The number of anilines is 3. The Morgan fingerprint density at radius 1 is 0.935 bits per heavy atom. The highest BCUT2D eigenvalue weighted by molar-refractivity contribution is 7.46. The smallest absolute Gasteiger partial charge is 0.404 e. The van der Waals surface area contributed by atoms with Gasteiger partial charge < -0.3 is 52.5 Å². The molecule has 3 atom stereocenters. The van der Waals surface area contributed by atoms with Crippen molar-refractivity contribution in [3.8, 4) is 5.75 Å². The Bertz CT molecular complexity index is 2530. The first-order valence-electron chi connectivity index (χ1n) is 19.9. The van der Waals surface area contributed by atoms with Gasteiger partial charge in [0.1, 0.15) is 17.5 Å². The zero-order valence-electron chi connectivity index (χ0n) is 33.9. The lowest BCUT2D eigenvalue weighted by Gasteiger charge is -2.25. The van der Waals surface area contributed by atoms with Crippen LogP contribution in [-0.4, -0.2) is 88.6 Å². The molecule has 6 amide bonds. The maximum absolute atomic E-state index is 14.1. The molecule has 0 fully saturated rings. The summed E-state index contributed by atoms with van der Waals surface area (Å²) in [7, 11) is -4.93. The molecule has 0 aliphatic carbocycles. The number of fused-ring (bicyclic) bond motifs is 4. The number of primary amides is 1. The van der Waals surface area contributed by atoms with E-state index in [9.17, 15) is 38.3 Å². The Kier molecular flexibility index (Phi) is 14.5. The minimum absolute atomic E-state index is 0.0676. The number of benzene rings is 4. The van der Waals surface area contributed by atoms with Crippen LogP contribution in [-0.2, 0) is 14.2 Å². The topological polar surface area (TPSA) is 283 Å². The predicted octanol–water partition coefficient (Wildman–Crippen LogP) is 4.47. The Labute approximate surface area is 361 Å². The number of halogens is 1. The van der Waals surface area contributed by atoms with Gasteiger partial charge in [0.15, 0.2) is 0 Å². The van der Waals surface area contributed by atoms with Gasteiger partial charge in [-0.1, -0.05) is 38.1 Å². The fraction of sp³-hybridized carbons (Fsp3) is 0.310. The number of hydrogen-bond acceptors (Lipinski definition) is 9. The maximum atomic E-state index is 14.1. The number of alkyl halides is 1. The summed E-state index contributed by atoms with van der Waals surface area (Å²) >= 11 is 6.39. The van der Waals surface area contributed by atoms with Crippen LogP contribution in [0, 0.1) is 5.92 Å². The van der Waals surface area contributed by atoms with Gasteiger partial charge in [-0.2, -0.15) is 0 Å². The van der Waals surface area contributed by atoms with E-state index in [1.54, 1.807) is 60.7 Å². The van der Waals surface area contributed by atoms with Crippen molar-refractivity contribution < 1.29 is 42.8 Å². The first-order valence-corrected chi connectivity index (χ1v) is 21.9. The summed E-state index contributed by atoms with van der Waals surface area (Å²) in [5, 5.41) is 15.8. The molecule has 18 nitrogen and oxygen atoms in total. The number of rotatable bonds is 18. The summed E-state index contributed by atoms with van der Waals surface area (Å²) in [6.45, 7) is 4.91. The highest BCUT2D eigenvalue weighted by Crippen LogP contribution is 2.49. The van der Waals surface area contributed by atoms with Crippen LogP contribution in [0.25, 0.3) is 21.7 Å². The zero-order chi connectivity index (χ0) is 44.7. The van der Waals surface area contributed by atoms with Crippen molar-refractivity contribution in [2.75, 3.05) is 47.6 Å². The van der Waals surface area contributed by atoms with Crippen LogP contribution in [0.3, 0.4) is 0 Å². The van der Waals surface area contributed by atoms with Crippen molar-refractivity contribution in [1.29, 1.82) is 0 Å². The average molecular weight is 890 g/mol. The number of phosphoric acid groups is 1. The van der Waals surface area contributed by atoms with Crippen LogP contribution >= 0.6 is 19.4 Å². The monoisotopic (exact) mass is 889 g/mol. The largest absolute Gasteiger partial charge is 0.524 e. The molecule has 0 unspecified atom stereocenters. The molecule has 0 saturated carbocycles. The standard InChI is InChI=1S/C42H49ClN9O9P/c1-23(2)37(46-17-15-44)40(55)51-32(8-5-16-47-42(45)57)39(54)48-27-11-9-24(10-12-27)38(53)49-28-13-14-31-25(18-28)19-33(50-31)41(56)52-22-26(21-43)36-30-7-4-3-6-29(30)35(20-34(36)52)61-62(58,59)60/h3-4,6-7,9-14,18-20,23,26,32,37,46,50H,5,8,15-17,21-22,44H2,1-2H3,(H,48,54)(H,49,53)(H,51,55)(H3,45,47,57)(H2,58,59,60)/t26-,32+,37+/m1/s1. The van der Waals surface area contributed by atoms with E-state index in [1.165, 1.54) is 23.1 Å². The number of phosphoric ester groups is 1. The average Bonchev–Trinajstić information content (AvgIpc) is 3.83. The van der Waals surface area contributed by atoms with Gasteiger partial charge in [0, 0.05) is 77.3 Å². The summed E-state index contributed by atoms with van der Waals surface area (Å²) in [4.78, 5) is 89.1. The first kappa shape index (κ1) is 45.5. The lowest BCUT2D eigenvalue weighted by molar-refractivity contribution is -0.128. The first-order chi connectivity index (χ1) is 29.6. The van der Waals surface area contributed by atoms with Crippen molar-refractivity contribution in [2.24, 2.45) is 17.4 Å². The summed E-state index contributed by atoms with van der Waals surface area (Å²) < 4.78 is 16.9. The molecule has 6 rings (SSSR count). The molecule has 20 heteroatoms. The van der Waals surface area contributed by atoms with Crippen LogP contribution in [0.5, 0.6) is 5.75 Å². The van der Waals surface area contributed by atoms with Crippen LogP contribution in [0.4, 0.5) is 21.9 Å². The van der Waals surface area contributed by atoms with Crippen molar-refractivity contribution in [2.45, 2.75) is 44.7 Å². The quantitative estimate of drug-likeness (QED) is 0.0333. The molecule has 12 N–H and O–H groups in total. The third kappa shape index (κ3) is 10.9. The molecule has 1 aliphatic heterocycles. The summed E-state index contributed by atoms with van der Waals surface area (Å²) in [5.74, 6) is -1.93. The minimum Gasteiger partial charge on any atom is -0.404 e. The van der Waals surface area contributed by atoms with Gasteiger partial charge in [0.2, 0.25) is 11.8 Å². The van der Waals surface area contributed by atoms with Gasteiger partial charge in [0.25, 0.3) is 11.8 Å². The minimum atomic E-state index is -4.93. The van der Waals surface area contributed by atoms with Gasteiger partial charge >= 0.3 is 13.9 Å². The molecule has 0 spiro atoms. The van der Waals surface area contributed by atoms with E-state index in [2.05, 4.69) is 31.6 Å². The molecule has 0 saturated heterocycles. The van der Waals surface area contributed by atoms with E-state index in [0.29, 0.717) is 58.2 Å². The Morgan fingerprint density at radius 3 is 2.31 bits per heavy atom. The molecule has 4 aromatic carbocycles. The molecule has 5 aromatic rings. The number of carbonyl (C=O) groups excluding carboxylic acids is 5. The Balaban J connectivity index is 1.13. The number of hydrogen-bond donors (Lipinski definition) is 10. The predicted molar refractivity (Wildman–Crippen MR) is 238 cm³/mol. The Morgan fingerprint density at radius 2 is 1.65 bits per heavy atom. The van der Waals surface area contributed by atoms with Crippen LogP contribution < -0.4 is 47.5 Å². The van der Waals surface area contributed by atoms with Crippen molar-refractivity contribution in [1.82, 2.24) is 20.9 Å². The Hall–Kier alpha value is -6.01. The highest BCUT2D eigenvalue weighted by atomic mass is 35.5. The third-order valence-electron chi connectivity index (χ3n) is 10.4. The van der Waals surface area contributed by atoms with Gasteiger partial charge in [-0.3, -0.25) is 29.0 Å². The lowest BCUT2D eigenvalue weighted by Crippen LogP contribution is -2.54. The van der Waals surface area contributed by atoms with E-state index in [-0.39, 0.29) is 60.1 Å². The van der Waals surface area contributed by atoms with Crippen LogP contribution in [0.1, 0.15) is 59.0 Å². The van der Waals surface area contributed by atoms with Crippen molar-refractivity contribution in [3.05, 3.63) is 95.7 Å². The van der Waals surface area contributed by atoms with E-state index in [1.807, 2.05) is 13.8 Å². The highest BCUT2D eigenvalue weighted by Gasteiger charge is 2.36. The number of urea groups is 1. The second-order valence-electron chi connectivity index (χ2n) is 15.2. The summed E-state index contributed by atoms with van der Waals surface area (Å²) in [5.41, 5.74) is 13.9. The molecule has 0 radical (unpaired) electrons. The number of nitrogens with one attached hydrogen (secondary N) is 6. The maximum Gasteiger partial charge on any atom is 0.524 e. The number of nitrogens with zero attached hydrogens (tertiary/aromatic N) is 1. The van der Waals surface area contributed by atoms with E-state index in [0.717, 1.165) is 5.56 Å². The number of nitrogens with two attached hydrogens (primary N) is 2. The number of H-pyrrole nitrogens is 1. The number of aromatic nitrogens is 1. The van der Waals surface area contributed by atoms with E-state index >= 15 is 0 Å². The normalized spacial score (nSPS) is 14.6. The van der Waals surface area contributed by atoms with E-state index in [4.69, 9.17) is 27.6 Å². The molecule has 2 heterocycles. The van der Waals surface area contributed by atoms with Crippen molar-refractivity contribution in [3.63, 3.8) is 0 Å². The van der Waals surface area contributed by atoms with Gasteiger partial charge in [0.05, 0.1) is 11.7 Å². The summed E-state index contributed by atoms with van der Waals surface area (Å²) in [6, 6.07) is 19.1. The summed E-state index contributed by atoms with van der Waals surface area (Å²) in [6.07, 6.45) is 0.562. The van der Waals surface area contributed by atoms with Gasteiger partial charge in [-0.25, -0.2) is 9.36 Å². The SMILES string of the molecule is CC(C)[C@H](NCCN)C(=O)N[C@@H](CCCNC(N)=O)C(=O)Nc1ccc(C(=O)Nc2ccc3[nH]c(C(=O)N4C[C@@H](CCl)c5c4cc(OP(=O)(O)O)c4ccccc54)cc3c2)cc1. The van der Waals surface area contributed by atoms with Crippen molar-refractivity contribution >= 4 is 87.8 Å².